The van der Waals surface area contributed by atoms with E-state index in [1.165, 1.54) is 6.92 Å². The summed E-state index contributed by atoms with van der Waals surface area (Å²) in [6.45, 7) is 0.560. The maximum absolute atomic E-state index is 11.9. The molecule has 2 amide bonds. The number of amides is 2. The van der Waals surface area contributed by atoms with Crippen molar-refractivity contribution >= 4 is 40.6 Å². The van der Waals surface area contributed by atoms with Gasteiger partial charge in [0.1, 0.15) is 24.7 Å². The van der Waals surface area contributed by atoms with E-state index in [4.69, 9.17) is 21.1 Å². The molecule has 0 aliphatic carbocycles. The fourth-order valence-corrected chi connectivity index (χ4v) is 2.24. The number of aliphatic hydroxyl groups excluding tert-OH is 1. The van der Waals surface area contributed by atoms with Crippen LogP contribution in [-0.4, -0.2) is 74.7 Å². The monoisotopic (exact) mass is 379 g/mol. The Hall–Kier alpha value is -2.18. The maximum Gasteiger partial charge on any atom is 0.322 e. The molecule has 142 valence electrons. The van der Waals surface area contributed by atoms with E-state index in [9.17, 15) is 24.0 Å². The summed E-state index contributed by atoms with van der Waals surface area (Å²) in [6, 6.07) is -2.48. The molecule has 3 atom stereocenters. The molecule has 0 radical (unpaired) electrons. The second-order valence-corrected chi connectivity index (χ2v) is 6.05. The summed E-state index contributed by atoms with van der Waals surface area (Å²) in [6.07, 6.45) is -1.70. The lowest BCUT2D eigenvalue weighted by atomic mass is 10.1. The lowest BCUT2D eigenvalue weighted by Crippen LogP contribution is -2.49. The van der Waals surface area contributed by atoms with E-state index in [1.807, 2.05) is 0 Å². The van der Waals surface area contributed by atoms with Crippen LogP contribution in [-0.2, 0) is 24.0 Å². The molecule has 7 N–H and O–H groups in total. The number of nitrogens with two attached hydrogens (primary N) is 1. The third-order valence-electron chi connectivity index (χ3n) is 2.80. The second-order valence-electron chi connectivity index (χ2n) is 5.02. The largest absolute Gasteiger partial charge is 0.480 e. The van der Waals surface area contributed by atoms with Crippen LogP contribution < -0.4 is 16.4 Å². The topological polar surface area (TPSA) is 196 Å². The van der Waals surface area contributed by atoms with Gasteiger partial charge < -0.3 is 31.7 Å². The number of carbonyl (C=O) groups is 5. The van der Waals surface area contributed by atoms with E-state index in [-0.39, 0.29) is 18.6 Å². The van der Waals surface area contributed by atoms with Crippen LogP contribution in [0.5, 0.6) is 0 Å². The predicted molar refractivity (Wildman–Crippen MR) is 86.6 cm³/mol. The molecule has 0 saturated carbocycles. The van der Waals surface area contributed by atoms with Gasteiger partial charge >= 0.3 is 11.9 Å². The van der Waals surface area contributed by atoms with E-state index in [0.29, 0.717) is 11.8 Å². The molecule has 0 rings (SSSR count). The fourth-order valence-electron chi connectivity index (χ4n) is 1.43. The number of aliphatic hydroxyl groups is 1. The quantitative estimate of drug-likeness (QED) is 0.223. The van der Waals surface area contributed by atoms with Crippen molar-refractivity contribution in [3.8, 4) is 0 Å². The lowest BCUT2D eigenvalue weighted by molar-refractivity contribution is -0.139. The SMILES string of the molecule is CC(O)C(=O)SC[C@H](NC(=O)CC[C@H](N)C(=O)O)C(=O)NCC(=O)O. The predicted octanol–water partition coefficient (Wildman–Crippen LogP) is -2.50. The molecule has 0 fully saturated rings. The Morgan fingerprint density at radius 3 is 2.24 bits per heavy atom. The summed E-state index contributed by atoms with van der Waals surface area (Å²) in [5.41, 5.74) is 5.27. The normalized spacial score (nSPS) is 14.0. The van der Waals surface area contributed by atoms with Gasteiger partial charge in [-0.05, 0) is 13.3 Å². The van der Waals surface area contributed by atoms with Crippen molar-refractivity contribution in [1.82, 2.24) is 10.6 Å². The van der Waals surface area contributed by atoms with Crippen LogP contribution in [0.4, 0.5) is 0 Å². The van der Waals surface area contributed by atoms with Gasteiger partial charge in [-0.2, -0.15) is 0 Å². The summed E-state index contributed by atoms with van der Waals surface area (Å²) >= 11 is 0.596. The van der Waals surface area contributed by atoms with E-state index >= 15 is 0 Å². The lowest BCUT2D eigenvalue weighted by Gasteiger charge is -2.18. The molecule has 25 heavy (non-hydrogen) atoms. The highest BCUT2D eigenvalue weighted by Crippen LogP contribution is 2.08. The first-order chi connectivity index (χ1) is 11.5. The Bertz CT molecular complexity index is 525. The number of nitrogens with one attached hydrogen (secondary N) is 2. The van der Waals surface area contributed by atoms with Crippen LogP contribution >= 0.6 is 11.8 Å². The summed E-state index contributed by atoms with van der Waals surface area (Å²) in [5.74, 6) is -4.31. The van der Waals surface area contributed by atoms with Gasteiger partial charge in [0.2, 0.25) is 16.9 Å². The molecule has 0 aliphatic heterocycles. The van der Waals surface area contributed by atoms with Crippen molar-refractivity contribution in [2.24, 2.45) is 5.73 Å². The van der Waals surface area contributed by atoms with Gasteiger partial charge in [-0.1, -0.05) is 11.8 Å². The van der Waals surface area contributed by atoms with Gasteiger partial charge in [0.25, 0.3) is 0 Å². The Morgan fingerprint density at radius 2 is 1.76 bits per heavy atom. The summed E-state index contributed by atoms with van der Waals surface area (Å²) in [5, 5.41) is 30.0. The minimum absolute atomic E-state index is 0.162. The van der Waals surface area contributed by atoms with E-state index in [1.54, 1.807) is 0 Å². The average Bonchev–Trinajstić information content (AvgIpc) is 2.53. The maximum atomic E-state index is 11.9. The van der Waals surface area contributed by atoms with Gasteiger partial charge in [-0.3, -0.25) is 24.0 Å². The zero-order valence-corrected chi connectivity index (χ0v) is 14.2. The Labute approximate surface area is 147 Å². The van der Waals surface area contributed by atoms with E-state index in [0.717, 1.165) is 0 Å². The summed E-state index contributed by atoms with van der Waals surface area (Å²) in [7, 11) is 0. The smallest absolute Gasteiger partial charge is 0.322 e. The minimum Gasteiger partial charge on any atom is -0.480 e. The van der Waals surface area contributed by atoms with Gasteiger partial charge in [-0.15, -0.1) is 0 Å². The molecule has 0 saturated heterocycles. The number of hydrogen-bond donors (Lipinski definition) is 6. The van der Waals surface area contributed by atoms with Crippen LogP contribution in [0.3, 0.4) is 0 Å². The molecule has 11 nitrogen and oxygen atoms in total. The second kappa shape index (κ2) is 11.4. The highest BCUT2D eigenvalue weighted by molar-refractivity contribution is 8.13. The molecule has 1 unspecified atom stereocenters. The zero-order chi connectivity index (χ0) is 19.6. The standard InChI is InChI=1S/C13H21N3O8S/c1-6(17)13(24)25-5-8(11(21)15-4-10(19)20)16-9(18)3-2-7(14)12(22)23/h6-8,17H,2-5,14H2,1H3,(H,15,21)(H,16,18)(H,19,20)(H,22,23)/t6?,7-,8-/m0/s1. The molecule has 0 aromatic heterocycles. The van der Waals surface area contributed by atoms with E-state index in [2.05, 4.69) is 10.6 Å². The highest BCUT2D eigenvalue weighted by atomic mass is 32.2. The summed E-state index contributed by atoms with van der Waals surface area (Å²) < 4.78 is 0. The van der Waals surface area contributed by atoms with Crippen molar-refractivity contribution in [3.05, 3.63) is 0 Å². The highest BCUT2D eigenvalue weighted by Gasteiger charge is 2.24. The first kappa shape index (κ1) is 22.8. The van der Waals surface area contributed by atoms with Crippen LogP contribution in [0.2, 0.25) is 0 Å². The number of carboxylic acid groups (broad SMARTS) is 2. The van der Waals surface area contributed by atoms with Crippen LogP contribution in [0, 0.1) is 0 Å². The van der Waals surface area contributed by atoms with Crippen molar-refractivity contribution in [3.63, 3.8) is 0 Å². The third kappa shape index (κ3) is 10.3. The Kier molecular flexibility index (Phi) is 10.4. The molecule has 0 aromatic rings. The van der Waals surface area contributed by atoms with E-state index < -0.39 is 53.6 Å². The Balaban J connectivity index is 4.72. The molecule has 0 bridgehead atoms. The van der Waals surface area contributed by atoms with Crippen LogP contribution in [0.1, 0.15) is 19.8 Å². The van der Waals surface area contributed by atoms with Crippen LogP contribution in [0.25, 0.3) is 0 Å². The molecule has 0 heterocycles. The van der Waals surface area contributed by atoms with Crippen molar-refractivity contribution in [1.29, 1.82) is 0 Å². The Morgan fingerprint density at radius 1 is 1.16 bits per heavy atom. The molecule has 12 heteroatoms. The van der Waals surface area contributed by atoms with Crippen molar-refractivity contribution in [2.45, 2.75) is 38.0 Å². The third-order valence-corrected chi connectivity index (χ3v) is 3.92. The number of carboxylic acids is 2. The van der Waals surface area contributed by atoms with Crippen molar-refractivity contribution < 1.29 is 39.3 Å². The van der Waals surface area contributed by atoms with Gasteiger partial charge in [-0.25, -0.2) is 0 Å². The number of rotatable bonds is 11. The molecule has 0 spiro atoms. The minimum atomic E-state index is -1.29. The number of carbonyl (C=O) groups excluding carboxylic acids is 3. The fraction of sp³-hybridized carbons (Fsp3) is 0.615. The van der Waals surface area contributed by atoms with Crippen molar-refractivity contribution in [2.75, 3.05) is 12.3 Å². The molecule has 0 aliphatic rings. The number of hydrogen-bond acceptors (Lipinski definition) is 8. The molecule has 0 aromatic carbocycles. The zero-order valence-electron chi connectivity index (χ0n) is 13.4. The number of thioether (sulfide) groups is 1. The van der Waals surface area contributed by atoms with Gasteiger partial charge in [0.15, 0.2) is 0 Å². The number of aliphatic carboxylic acids is 2. The summed E-state index contributed by atoms with van der Waals surface area (Å²) in [4.78, 5) is 56.2. The first-order valence-electron chi connectivity index (χ1n) is 7.16. The first-order valence-corrected chi connectivity index (χ1v) is 8.15. The average molecular weight is 379 g/mol. The molecular formula is C13H21N3O8S. The van der Waals surface area contributed by atoms with Gasteiger partial charge in [0, 0.05) is 12.2 Å². The van der Waals surface area contributed by atoms with Gasteiger partial charge in [0.05, 0.1) is 0 Å². The van der Waals surface area contributed by atoms with Crippen LogP contribution in [0.15, 0.2) is 0 Å². The molecular weight excluding hydrogens is 358 g/mol.